The van der Waals surface area contributed by atoms with Crippen molar-refractivity contribution < 1.29 is 18.3 Å². The van der Waals surface area contributed by atoms with E-state index in [0.29, 0.717) is 0 Å². The zero-order chi connectivity index (χ0) is 11.6. The van der Waals surface area contributed by atoms with Crippen molar-refractivity contribution in [1.29, 1.82) is 0 Å². The van der Waals surface area contributed by atoms with Gasteiger partial charge in [-0.2, -0.15) is 9.82 Å². The number of aromatic nitrogens is 2. The highest BCUT2D eigenvalue weighted by molar-refractivity contribution is 7.89. The number of carboxylic acids is 1. The quantitative estimate of drug-likeness (QED) is 0.707. The smallest absolute Gasteiger partial charge is 0.321 e. The number of aryl methyl sites for hydroxylation is 1. The maximum absolute atomic E-state index is 11.5. The highest BCUT2D eigenvalue weighted by atomic mass is 32.2. The van der Waals surface area contributed by atoms with E-state index in [0.717, 1.165) is 6.20 Å². The van der Waals surface area contributed by atoms with Crippen molar-refractivity contribution in [3.8, 4) is 0 Å². The van der Waals surface area contributed by atoms with Crippen LogP contribution < -0.4 is 4.72 Å². The van der Waals surface area contributed by atoms with Gasteiger partial charge in [0.15, 0.2) is 0 Å². The van der Waals surface area contributed by atoms with E-state index in [9.17, 15) is 13.2 Å². The van der Waals surface area contributed by atoms with Crippen molar-refractivity contribution in [3.05, 3.63) is 12.4 Å². The van der Waals surface area contributed by atoms with Gasteiger partial charge < -0.3 is 5.11 Å². The molecule has 1 aromatic heterocycles. The summed E-state index contributed by atoms with van der Waals surface area (Å²) in [5.41, 5.74) is 0. The molecular weight excluding hydrogens is 222 g/mol. The van der Waals surface area contributed by atoms with E-state index >= 15 is 0 Å². The first-order valence-electron chi connectivity index (χ1n) is 4.06. The van der Waals surface area contributed by atoms with Crippen molar-refractivity contribution in [2.45, 2.75) is 17.9 Å². The Hall–Kier alpha value is -1.41. The van der Waals surface area contributed by atoms with Crippen LogP contribution in [0.3, 0.4) is 0 Å². The van der Waals surface area contributed by atoms with Gasteiger partial charge in [-0.15, -0.1) is 0 Å². The van der Waals surface area contributed by atoms with Crippen molar-refractivity contribution in [3.63, 3.8) is 0 Å². The van der Waals surface area contributed by atoms with Gasteiger partial charge in [-0.3, -0.25) is 9.48 Å². The second kappa shape index (κ2) is 3.99. The molecule has 0 aliphatic heterocycles. The SMILES string of the molecule is C[C@H](NS(=O)(=O)c1cnn(C)c1)C(=O)O. The van der Waals surface area contributed by atoms with Crippen LogP contribution in [0.2, 0.25) is 0 Å². The molecule has 0 unspecified atom stereocenters. The van der Waals surface area contributed by atoms with E-state index in [1.54, 1.807) is 7.05 Å². The van der Waals surface area contributed by atoms with Crippen LogP contribution in [-0.2, 0) is 21.9 Å². The molecule has 84 valence electrons. The molecule has 0 amide bonds. The van der Waals surface area contributed by atoms with E-state index in [2.05, 4.69) is 5.10 Å². The Morgan fingerprint density at radius 1 is 1.67 bits per heavy atom. The maximum atomic E-state index is 11.5. The van der Waals surface area contributed by atoms with Gasteiger partial charge in [-0.25, -0.2) is 8.42 Å². The summed E-state index contributed by atoms with van der Waals surface area (Å²) >= 11 is 0. The van der Waals surface area contributed by atoms with Crippen LogP contribution in [0.5, 0.6) is 0 Å². The number of carbonyl (C=O) groups is 1. The summed E-state index contributed by atoms with van der Waals surface area (Å²) in [5, 5.41) is 12.2. The Bertz CT molecular complexity index is 464. The third kappa shape index (κ3) is 2.77. The van der Waals surface area contributed by atoms with Crippen LogP contribution >= 0.6 is 0 Å². The molecule has 1 heterocycles. The van der Waals surface area contributed by atoms with Crippen LogP contribution in [-0.4, -0.2) is 35.3 Å². The minimum atomic E-state index is -3.80. The van der Waals surface area contributed by atoms with Gasteiger partial charge >= 0.3 is 5.97 Å². The Labute approximate surface area is 86.8 Å². The lowest BCUT2D eigenvalue weighted by Crippen LogP contribution is -2.38. The van der Waals surface area contributed by atoms with Crippen LogP contribution in [0.15, 0.2) is 17.3 Å². The maximum Gasteiger partial charge on any atom is 0.321 e. The Balaban J connectivity index is 2.90. The number of aliphatic carboxylic acids is 1. The van der Waals surface area contributed by atoms with E-state index in [4.69, 9.17) is 5.11 Å². The molecule has 1 rings (SSSR count). The van der Waals surface area contributed by atoms with E-state index in [-0.39, 0.29) is 4.90 Å². The summed E-state index contributed by atoms with van der Waals surface area (Å²) in [4.78, 5) is 10.4. The number of carboxylic acid groups (broad SMARTS) is 1. The van der Waals surface area contributed by atoms with Gasteiger partial charge in [0.1, 0.15) is 10.9 Å². The molecule has 8 heteroatoms. The van der Waals surface area contributed by atoms with Gasteiger partial charge in [0.05, 0.1) is 6.20 Å². The Morgan fingerprint density at radius 3 is 2.67 bits per heavy atom. The molecule has 1 aromatic rings. The second-order valence-corrected chi connectivity index (χ2v) is 4.74. The highest BCUT2D eigenvalue weighted by Crippen LogP contribution is 2.06. The van der Waals surface area contributed by atoms with Gasteiger partial charge in [-0.1, -0.05) is 0 Å². The Morgan fingerprint density at radius 2 is 2.27 bits per heavy atom. The first kappa shape index (κ1) is 11.7. The number of nitrogens with zero attached hydrogens (tertiary/aromatic N) is 2. The molecular formula is C7H11N3O4S. The fourth-order valence-electron chi connectivity index (χ4n) is 0.889. The van der Waals surface area contributed by atoms with E-state index in [1.165, 1.54) is 17.8 Å². The third-order valence-electron chi connectivity index (χ3n) is 1.69. The molecule has 1 atom stereocenters. The van der Waals surface area contributed by atoms with Crippen LogP contribution in [0.1, 0.15) is 6.92 Å². The third-order valence-corrected chi connectivity index (χ3v) is 3.19. The number of nitrogens with one attached hydrogen (secondary N) is 1. The lowest BCUT2D eigenvalue weighted by atomic mass is 10.4. The van der Waals surface area contributed by atoms with Gasteiger partial charge in [0.2, 0.25) is 10.0 Å². The first-order valence-corrected chi connectivity index (χ1v) is 5.55. The molecule has 0 fully saturated rings. The minimum Gasteiger partial charge on any atom is -0.480 e. The van der Waals surface area contributed by atoms with Crippen molar-refractivity contribution in [1.82, 2.24) is 14.5 Å². The summed E-state index contributed by atoms with van der Waals surface area (Å²) in [6.45, 7) is 1.25. The predicted molar refractivity (Wildman–Crippen MR) is 50.6 cm³/mol. The fourth-order valence-corrected chi connectivity index (χ4v) is 2.07. The van der Waals surface area contributed by atoms with Crippen LogP contribution in [0.4, 0.5) is 0 Å². The normalized spacial score (nSPS) is 13.7. The molecule has 0 aliphatic carbocycles. The zero-order valence-corrected chi connectivity index (χ0v) is 9.02. The Kier molecular flexibility index (Phi) is 3.10. The lowest BCUT2D eigenvalue weighted by molar-refractivity contribution is -0.138. The number of hydrogen-bond donors (Lipinski definition) is 2. The molecule has 0 saturated heterocycles. The summed E-state index contributed by atoms with van der Waals surface area (Å²) in [6.07, 6.45) is 2.44. The van der Waals surface area contributed by atoms with Crippen molar-refractivity contribution in [2.75, 3.05) is 0 Å². The molecule has 15 heavy (non-hydrogen) atoms. The van der Waals surface area contributed by atoms with E-state index < -0.39 is 22.0 Å². The molecule has 0 spiro atoms. The van der Waals surface area contributed by atoms with Crippen molar-refractivity contribution in [2.24, 2.45) is 7.05 Å². The average Bonchev–Trinajstić information content (AvgIpc) is 2.51. The van der Waals surface area contributed by atoms with E-state index in [1.807, 2.05) is 4.72 Å². The van der Waals surface area contributed by atoms with Gasteiger partial charge in [0.25, 0.3) is 0 Å². The number of hydrogen-bond acceptors (Lipinski definition) is 4. The molecule has 7 nitrogen and oxygen atoms in total. The highest BCUT2D eigenvalue weighted by Gasteiger charge is 2.22. The lowest BCUT2D eigenvalue weighted by Gasteiger charge is -2.07. The van der Waals surface area contributed by atoms with Crippen LogP contribution in [0.25, 0.3) is 0 Å². The number of rotatable bonds is 4. The fraction of sp³-hybridized carbons (Fsp3) is 0.429. The van der Waals surface area contributed by atoms with Gasteiger partial charge in [0, 0.05) is 13.2 Å². The molecule has 0 aromatic carbocycles. The molecule has 0 radical (unpaired) electrons. The van der Waals surface area contributed by atoms with Crippen LogP contribution in [0, 0.1) is 0 Å². The first-order chi connectivity index (χ1) is 6.83. The monoisotopic (exact) mass is 233 g/mol. The molecule has 0 saturated carbocycles. The summed E-state index contributed by atoms with van der Waals surface area (Å²) in [5.74, 6) is -1.23. The minimum absolute atomic E-state index is 0.0573. The predicted octanol–water partition coefficient (Wildman–Crippen LogP) is -0.828. The van der Waals surface area contributed by atoms with Gasteiger partial charge in [-0.05, 0) is 6.92 Å². The largest absolute Gasteiger partial charge is 0.480 e. The summed E-state index contributed by atoms with van der Waals surface area (Å²) in [7, 11) is -2.23. The topological polar surface area (TPSA) is 101 Å². The van der Waals surface area contributed by atoms with Crippen molar-refractivity contribution >= 4 is 16.0 Å². The second-order valence-electron chi connectivity index (χ2n) is 3.03. The standard InChI is InChI=1S/C7H11N3O4S/c1-5(7(11)12)9-15(13,14)6-3-8-10(2)4-6/h3-5,9H,1-2H3,(H,11,12)/t5-/m0/s1. The molecule has 2 N–H and O–H groups in total. The number of sulfonamides is 1. The molecule has 0 aliphatic rings. The average molecular weight is 233 g/mol. The summed E-state index contributed by atoms with van der Waals surface area (Å²) in [6, 6.07) is -1.17. The molecule has 0 bridgehead atoms. The summed E-state index contributed by atoms with van der Waals surface area (Å²) < 4.78 is 26.4. The zero-order valence-electron chi connectivity index (χ0n) is 8.21.